The molecular formula is C12H13IN2. The van der Waals surface area contributed by atoms with E-state index >= 15 is 0 Å². The maximum absolute atomic E-state index is 3.39. The van der Waals surface area contributed by atoms with E-state index in [2.05, 4.69) is 82.1 Å². The first kappa shape index (κ1) is 10.5. The Morgan fingerprint density at radius 1 is 1.20 bits per heavy atom. The number of aryl methyl sites for hydroxylation is 1. The molecule has 1 aromatic heterocycles. The molecule has 2 nitrogen and oxygen atoms in total. The van der Waals surface area contributed by atoms with Gasteiger partial charge in [0.2, 0.25) is 0 Å². The highest BCUT2D eigenvalue weighted by molar-refractivity contribution is 14.1. The third-order valence-corrected chi connectivity index (χ3v) is 3.09. The number of anilines is 1. The molecule has 1 heterocycles. The first-order chi connectivity index (χ1) is 7.25. The molecule has 0 aliphatic rings. The largest absolute Gasteiger partial charge is 0.379 e. The van der Waals surface area contributed by atoms with Gasteiger partial charge in [0.05, 0.1) is 6.54 Å². The molecule has 0 amide bonds. The fourth-order valence-electron chi connectivity index (χ4n) is 1.44. The van der Waals surface area contributed by atoms with E-state index in [-0.39, 0.29) is 0 Å². The van der Waals surface area contributed by atoms with Crippen molar-refractivity contribution in [3.63, 3.8) is 0 Å². The number of nitrogens with one attached hydrogen (secondary N) is 1. The molecule has 0 aliphatic heterocycles. The Bertz CT molecular complexity index is 431. The molecular weight excluding hydrogens is 299 g/mol. The Morgan fingerprint density at radius 2 is 1.93 bits per heavy atom. The van der Waals surface area contributed by atoms with Crippen LogP contribution in [0, 0.1) is 3.57 Å². The summed E-state index contributed by atoms with van der Waals surface area (Å²) in [6, 6.07) is 12.6. The van der Waals surface area contributed by atoms with Crippen molar-refractivity contribution < 1.29 is 0 Å². The number of hydrogen-bond acceptors (Lipinski definition) is 1. The number of hydrogen-bond donors (Lipinski definition) is 1. The van der Waals surface area contributed by atoms with Gasteiger partial charge in [-0.3, -0.25) is 0 Å². The summed E-state index contributed by atoms with van der Waals surface area (Å²) in [5, 5.41) is 3.39. The van der Waals surface area contributed by atoms with Gasteiger partial charge in [-0.15, -0.1) is 0 Å². The highest BCUT2D eigenvalue weighted by Gasteiger charge is 1.96. The summed E-state index contributed by atoms with van der Waals surface area (Å²) < 4.78 is 3.39. The average Bonchev–Trinajstić information content (AvgIpc) is 2.63. The lowest BCUT2D eigenvalue weighted by molar-refractivity contribution is 0.842. The molecule has 78 valence electrons. The zero-order chi connectivity index (χ0) is 10.7. The van der Waals surface area contributed by atoms with Gasteiger partial charge in [0.1, 0.15) is 0 Å². The van der Waals surface area contributed by atoms with Crippen LogP contribution >= 0.6 is 22.6 Å². The van der Waals surface area contributed by atoms with Crippen LogP contribution in [-0.4, -0.2) is 4.57 Å². The number of halogens is 1. The summed E-state index contributed by atoms with van der Waals surface area (Å²) in [6.07, 6.45) is 2.06. The maximum atomic E-state index is 3.39. The highest BCUT2D eigenvalue weighted by atomic mass is 127. The van der Waals surface area contributed by atoms with Crippen LogP contribution in [-0.2, 0) is 13.6 Å². The van der Waals surface area contributed by atoms with E-state index in [1.165, 1.54) is 9.26 Å². The van der Waals surface area contributed by atoms with Gasteiger partial charge < -0.3 is 9.88 Å². The van der Waals surface area contributed by atoms with Gasteiger partial charge in [-0.1, -0.05) is 0 Å². The monoisotopic (exact) mass is 312 g/mol. The fraction of sp³-hybridized carbons (Fsp3) is 0.167. The molecule has 1 N–H and O–H groups in total. The van der Waals surface area contributed by atoms with Crippen molar-refractivity contribution in [2.24, 2.45) is 7.05 Å². The molecule has 0 bridgehead atoms. The first-order valence-corrected chi connectivity index (χ1v) is 5.93. The van der Waals surface area contributed by atoms with Crippen molar-refractivity contribution in [1.29, 1.82) is 0 Å². The van der Waals surface area contributed by atoms with Crippen LogP contribution < -0.4 is 5.32 Å². The topological polar surface area (TPSA) is 17.0 Å². The molecule has 0 atom stereocenters. The Kier molecular flexibility index (Phi) is 3.30. The minimum atomic E-state index is 0.865. The lowest BCUT2D eigenvalue weighted by Crippen LogP contribution is -2.03. The van der Waals surface area contributed by atoms with Crippen LogP contribution in [0.25, 0.3) is 0 Å². The summed E-state index contributed by atoms with van der Waals surface area (Å²) in [4.78, 5) is 0. The van der Waals surface area contributed by atoms with Gasteiger partial charge >= 0.3 is 0 Å². The van der Waals surface area contributed by atoms with Gasteiger partial charge in [0.15, 0.2) is 0 Å². The summed E-state index contributed by atoms with van der Waals surface area (Å²) in [6.45, 7) is 0.865. The molecule has 0 spiro atoms. The van der Waals surface area contributed by atoms with Crippen LogP contribution in [0.3, 0.4) is 0 Å². The van der Waals surface area contributed by atoms with Crippen LogP contribution in [0.1, 0.15) is 5.69 Å². The van der Waals surface area contributed by atoms with Crippen molar-refractivity contribution >= 4 is 28.3 Å². The predicted molar refractivity (Wildman–Crippen MR) is 71.9 cm³/mol. The van der Waals surface area contributed by atoms with E-state index in [9.17, 15) is 0 Å². The number of benzene rings is 1. The van der Waals surface area contributed by atoms with Crippen molar-refractivity contribution in [2.75, 3.05) is 5.32 Å². The molecule has 0 saturated carbocycles. The predicted octanol–water partition coefficient (Wildman–Crippen LogP) is 3.24. The Morgan fingerprint density at radius 3 is 2.53 bits per heavy atom. The molecule has 2 aromatic rings. The summed E-state index contributed by atoms with van der Waals surface area (Å²) in [7, 11) is 2.06. The average molecular weight is 312 g/mol. The normalized spacial score (nSPS) is 10.3. The smallest absolute Gasteiger partial charge is 0.0553 e. The standard InChI is InChI=1S/C12H13IN2/c1-15-8-2-3-12(15)9-14-11-6-4-10(13)5-7-11/h2-8,14H,9H2,1H3. The first-order valence-electron chi connectivity index (χ1n) is 4.85. The Labute approximate surface area is 103 Å². The number of aromatic nitrogens is 1. The van der Waals surface area contributed by atoms with E-state index < -0.39 is 0 Å². The zero-order valence-corrected chi connectivity index (χ0v) is 10.7. The minimum Gasteiger partial charge on any atom is -0.379 e. The molecule has 2 rings (SSSR count). The molecule has 15 heavy (non-hydrogen) atoms. The maximum Gasteiger partial charge on any atom is 0.0553 e. The second-order valence-electron chi connectivity index (χ2n) is 3.47. The van der Waals surface area contributed by atoms with Gasteiger partial charge in [-0.2, -0.15) is 0 Å². The second kappa shape index (κ2) is 4.70. The Balaban J connectivity index is 1.99. The van der Waals surface area contributed by atoms with Crippen LogP contribution in [0.4, 0.5) is 5.69 Å². The summed E-state index contributed by atoms with van der Waals surface area (Å²) in [5.41, 5.74) is 2.45. The summed E-state index contributed by atoms with van der Waals surface area (Å²) >= 11 is 2.31. The van der Waals surface area contributed by atoms with Crippen LogP contribution in [0.15, 0.2) is 42.6 Å². The van der Waals surface area contributed by atoms with Crippen molar-refractivity contribution in [1.82, 2.24) is 4.57 Å². The van der Waals surface area contributed by atoms with E-state index in [0.29, 0.717) is 0 Å². The van der Waals surface area contributed by atoms with Crippen LogP contribution in [0.5, 0.6) is 0 Å². The third-order valence-electron chi connectivity index (χ3n) is 2.37. The molecule has 3 heteroatoms. The quantitative estimate of drug-likeness (QED) is 0.861. The van der Waals surface area contributed by atoms with Crippen molar-refractivity contribution in [2.45, 2.75) is 6.54 Å². The lowest BCUT2D eigenvalue weighted by Gasteiger charge is -2.07. The molecule has 0 fully saturated rings. The van der Waals surface area contributed by atoms with Gasteiger partial charge in [0.25, 0.3) is 0 Å². The lowest BCUT2D eigenvalue weighted by atomic mass is 10.3. The highest BCUT2D eigenvalue weighted by Crippen LogP contribution is 2.12. The molecule has 0 saturated heterocycles. The zero-order valence-electron chi connectivity index (χ0n) is 8.57. The summed E-state index contributed by atoms with van der Waals surface area (Å²) in [5.74, 6) is 0. The van der Waals surface area contributed by atoms with Crippen molar-refractivity contribution in [3.8, 4) is 0 Å². The Hall–Kier alpha value is -0.970. The number of nitrogens with zero attached hydrogens (tertiary/aromatic N) is 1. The van der Waals surface area contributed by atoms with Gasteiger partial charge in [0, 0.05) is 28.2 Å². The molecule has 0 unspecified atom stereocenters. The molecule has 1 aromatic carbocycles. The van der Waals surface area contributed by atoms with E-state index in [1.807, 2.05) is 0 Å². The fourth-order valence-corrected chi connectivity index (χ4v) is 1.80. The second-order valence-corrected chi connectivity index (χ2v) is 4.72. The molecule has 0 aliphatic carbocycles. The SMILES string of the molecule is Cn1cccc1CNc1ccc(I)cc1. The van der Waals surface area contributed by atoms with E-state index in [1.54, 1.807) is 0 Å². The van der Waals surface area contributed by atoms with E-state index in [0.717, 1.165) is 12.2 Å². The van der Waals surface area contributed by atoms with E-state index in [4.69, 9.17) is 0 Å². The third kappa shape index (κ3) is 2.75. The van der Waals surface area contributed by atoms with Crippen LogP contribution in [0.2, 0.25) is 0 Å². The van der Waals surface area contributed by atoms with Gasteiger partial charge in [-0.25, -0.2) is 0 Å². The number of rotatable bonds is 3. The van der Waals surface area contributed by atoms with Gasteiger partial charge in [-0.05, 0) is 59.0 Å². The molecule has 0 radical (unpaired) electrons. The van der Waals surface area contributed by atoms with Crippen molar-refractivity contribution in [3.05, 3.63) is 51.9 Å². The minimum absolute atomic E-state index is 0.865.